The first-order chi connectivity index (χ1) is 12.0. The van der Waals surface area contributed by atoms with Crippen molar-refractivity contribution in [1.82, 2.24) is 0 Å². The lowest BCUT2D eigenvalue weighted by molar-refractivity contribution is -0.161. The summed E-state index contributed by atoms with van der Waals surface area (Å²) in [5.74, 6) is 0.309. The number of carbonyl (C=O) groups is 1. The van der Waals surface area contributed by atoms with Crippen molar-refractivity contribution in [3.05, 3.63) is 52.4 Å². The normalized spacial score (nSPS) is 16.9. The molecule has 0 bridgehead atoms. The van der Waals surface area contributed by atoms with Gasteiger partial charge >= 0.3 is 11.6 Å². The van der Waals surface area contributed by atoms with Gasteiger partial charge in [-0.25, -0.2) is 4.79 Å². The van der Waals surface area contributed by atoms with Crippen LogP contribution in [0.1, 0.15) is 45.7 Å². The molecule has 0 radical (unpaired) electrons. The van der Waals surface area contributed by atoms with Gasteiger partial charge in [0.25, 0.3) is 0 Å². The zero-order valence-corrected chi connectivity index (χ0v) is 15.8. The summed E-state index contributed by atoms with van der Waals surface area (Å²) in [6.07, 6.45) is 2.05. The topological polar surface area (TPSA) is 65.7 Å². The molecule has 0 amide bonds. The van der Waals surface area contributed by atoms with Crippen molar-refractivity contribution >= 4 is 16.9 Å². The van der Waals surface area contributed by atoms with Crippen LogP contribution in [0.5, 0.6) is 5.75 Å². The Morgan fingerprint density at radius 2 is 1.96 bits per heavy atom. The Bertz CT molecular complexity index is 949. The molecule has 1 aliphatic rings. The zero-order chi connectivity index (χ0) is 19.3. The van der Waals surface area contributed by atoms with Gasteiger partial charge in [-0.15, -0.1) is 6.58 Å². The molecule has 1 aromatic heterocycles. The molecular weight excluding hydrogens is 332 g/mol. The summed E-state index contributed by atoms with van der Waals surface area (Å²) >= 11 is 0. The third-order valence-electron chi connectivity index (χ3n) is 4.98. The summed E-state index contributed by atoms with van der Waals surface area (Å²) in [6.45, 7) is 12.7. The largest absolute Gasteiger partial charge is 0.485 e. The molecule has 5 nitrogen and oxygen atoms in total. The molecule has 26 heavy (non-hydrogen) atoms. The Morgan fingerprint density at radius 3 is 2.58 bits per heavy atom. The van der Waals surface area contributed by atoms with Crippen molar-refractivity contribution in [2.75, 3.05) is 0 Å². The molecule has 0 saturated heterocycles. The lowest BCUT2D eigenvalue weighted by Gasteiger charge is -2.30. The molecule has 1 atom stereocenters. The Balaban J connectivity index is 2.02. The highest BCUT2D eigenvalue weighted by molar-refractivity contribution is 5.80. The maximum atomic E-state index is 12.4. The van der Waals surface area contributed by atoms with E-state index in [1.165, 1.54) is 6.92 Å². The smallest absolute Gasteiger partial charge is 0.340 e. The number of rotatable bonds is 4. The molecule has 0 aliphatic carbocycles. The van der Waals surface area contributed by atoms with E-state index in [4.69, 9.17) is 13.9 Å². The lowest BCUT2D eigenvalue weighted by Crippen LogP contribution is -2.43. The third-order valence-corrected chi connectivity index (χ3v) is 4.98. The van der Waals surface area contributed by atoms with Crippen LogP contribution in [0, 0.1) is 0 Å². The highest BCUT2D eigenvalue weighted by atomic mass is 16.6. The van der Waals surface area contributed by atoms with Crippen LogP contribution >= 0.6 is 0 Å². The van der Waals surface area contributed by atoms with Crippen LogP contribution in [0.4, 0.5) is 0 Å². The van der Waals surface area contributed by atoms with Gasteiger partial charge in [0.2, 0.25) is 0 Å². The maximum absolute atomic E-state index is 12.4. The van der Waals surface area contributed by atoms with Crippen molar-refractivity contribution in [2.45, 2.75) is 58.2 Å². The highest BCUT2D eigenvalue weighted by Crippen LogP contribution is 2.38. The number of hydrogen-bond acceptors (Lipinski definition) is 5. The number of allylic oxidation sites excluding steroid dienone is 1. The number of carbonyl (C=O) groups excluding carboxylic acids is 1. The standard InChI is InChI=1S/C21H24O5/c1-7-20(3,4)15-9-13-8-14-10-18(21(5,6)26-12(2)22)24-16(14)11-17(13)25-19(15)23/h7-9,11,18H,1,10H2,2-6H3/t18-/m1/s1. The minimum atomic E-state index is -0.756. The van der Waals surface area contributed by atoms with E-state index in [1.807, 2.05) is 39.8 Å². The molecule has 2 aromatic rings. The average Bonchev–Trinajstić information content (AvgIpc) is 2.94. The Morgan fingerprint density at radius 1 is 1.27 bits per heavy atom. The predicted molar refractivity (Wildman–Crippen MR) is 99.7 cm³/mol. The monoisotopic (exact) mass is 356 g/mol. The molecule has 0 fully saturated rings. The van der Waals surface area contributed by atoms with Gasteiger partial charge in [-0.2, -0.15) is 0 Å². The molecule has 2 heterocycles. The second-order valence-corrected chi connectivity index (χ2v) is 7.88. The molecular formula is C21H24O5. The number of ether oxygens (including phenoxy) is 2. The second kappa shape index (κ2) is 6.01. The summed E-state index contributed by atoms with van der Waals surface area (Å²) in [5, 5.41) is 0.836. The summed E-state index contributed by atoms with van der Waals surface area (Å²) in [5.41, 5.74) is 0.424. The average molecular weight is 356 g/mol. The van der Waals surface area contributed by atoms with Gasteiger partial charge < -0.3 is 13.9 Å². The van der Waals surface area contributed by atoms with Gasteiger partial charge in [0.15, 0.2) is 0 Å². The van der Waals surface area contributed by atoms with Crippen LogP contribution in [-0.4, -0.2) is 17.7 Å². The molecule has 0 spiro atoms. The SMILES string of the molecule is C=CC(C)(C)c1cc2cc3c(cc2oc1=O)O[C@@H](C(C)(C)OC(C)=O)C3. The van der Waals surface area contributed by atoms with E-state index in [1.54, 1.807) is 12.1 Å². The zero-order valence-electron chi connectivity index (χ0n) is 15.8. The molecule has 0 unspecified atom stereocenters. The van der Waals surface area contributed by atoms with Crippen LogP contribution in [-0.2, 0) is 21.4 Å². The van der Waals surface area contributed by atoms with E-state index < -0.39 is 11.0 Å². The first kappa shape index (κ1) is 18.2. The molecule has 0 saturated carbocycles. The van der Waals surface area contributed by atoms with E-state index >= 15 is 0 Å². The minimum absolute atomic E-state index is 0.297. The van der Waals surface area contributed by atoms with Gasteiger partial charge in [0.1, 0.15) is 23.0 Å². The Labute approximate surface area is 152 Å². The highest BCUT2D eigenvalue weighted by Gasteiger charge is 2.39. The van der Waals surface area contributed by atoms with Gasteiger partial charge in [0, 0.05) is 35.8 Å². The number of esters is 1. The van der Waals surface area contributed by atoms with Crippen LogP contribution in [0.25, 0.3) is 11.0 Å². The van der Waals surface area contributed by atoms with Crippen LogP contribution in [0.2, 0.25) is 0 Å². The van der Waals surface area contributed by atoms with Crippen molar-refractivity contribution in [3.8, 4) is 5.75 Å². The summed E-state index contributed by atoms with van der Waals surface area (Å²) in [6, 6.07) is 5.56. The van der Waals surface area contributed by atoms with Crippen molar-refractivity contribution in [2.24, 2.45) is 0 Å². The number of fused-ring (bicyclic) bond motifs is 2. The molecule has 3 rings (SSSR count). The van der Waals surface area contributed by atoms with Crippen LogP contribution in [0.15, 0.2) is 40.1 Å². The molecule has 0 N–H and O–H groups in total. The van der Waals surface area contributed by atoms with Crippen LogP contribution < -0.4 is 10.4 Å². The van der Waals surface area contributed by atoms with Crippen molar-refractivity contribution < 1.29 is 18.7 Å². The fourth-order valence-electron chi connectivity index (χ4n) is 3.24. The quantitative estimate of drug-likeness (QED) is 0.472. The Kier molecular flexibility index (Phi) is 4.21. The fraction of sp³-hybridized carbons (Fsp3) is 0.429. The fourth-order valence-corrected chi connectivity index (χ4v) is 3.24. The summed E-state index contributed by atoms with van der Waals surface area (Å²) < 4.78 is 16.9. The second-order valence-electron chi connectivity index (χ2n) is 7.88. The first-order valence-corrected chi connectivity index (χ1v) is 8.64. The van der Waals surface area contributed by atoms with E-state index in [2.05, 4.69) is 6.58 Å². The van der Waals surface area contributed by atoms with Gasteiger partial charge in [0.05, 0.1) is 0 Å². The summed E-state index contributed by atoms with van der Waals surface area (Å²) in [4.78, 5) is 23.7. The van der Waals surface area contributed by atoms with Gasteiger partial charge in [-0.1, -0.05) is 19.9 Å². The van der Waals surface area contributed by atoms with Gasteiger partial charge in [-0.3, -0.25) is 4.79 Å². The van der Waals surface area contributed by atoms with Crippen LogP contribution in [0.3, 0.4) is 0 Å². The van der Waals surface area contributed by atoms with Crippen molar-refractivity contribution in [1.29, 1.82) is 0 Å². The molecule has 1 aromatic carbocycles. The number of hydrogen-bond donors (Lipinski definition) is 0. The van der Waals surface area contributed by atoms with E-state index in [0.717, 1.165) is 10.9 Å². The molecule has 1 aliphatic heterocycles. The van der Waals surface area contributed by atoms with E-state index in [9.17, 15) is 9.59 Å². The van der Waals surface area contributed by atoms with Gasteiger partial charge in [-0.05, 0) is 31.5 Å². The van der Waals surface area contributed by atoms with Crippen molar-refractivity contribution in [3.63, 3.8) is 0 Å². The first-order valence-electron chi connectivity index (χ1n) is 8.64. The lowest BCUT2D eigenvalue weighted by atomic mass is 9.85. The maximum Gasteiger partial charge on any atom is 0.340 e. The molecule has 5 heteroatoms. The van der Waals surface area contributed by atoms with E-state index in [0.29, 0.717) is 23.3 Å². The molecule has 138 valence electrons. The predicted octanol–water partition coefficient (Wildman–Crippen LogP) is 3.90. The van der Waals surface area contributed by atoms with E-state index in [-0.39, 0.29) is 17.7 Å². The summed E-state index contributed by atoms with van der Waals surface area (Å²) in [7, 11) is 0. The third kappa shape index (κ3) is 3.14. The minimum Gasteiger partial charge on any atom is -0.485 e. The Hall–Kier alpha value is -2.56. The number of benzene rings is 1.